The molecule has 2 aromatic rings. The number of benzene rings is 1. The van der Waals surface area contributed by atoms with Gasteiger partial charge in [0.1, 0.15) is 5.82 Å². The summed E-state index contributed by atoms with van der Waals surface area (Å²) < 4.78 is 13.4. The molecule has 0 radical (unpaired) electrons. The van der Waals surface area contributed by atoms with Crippen LogP contribution in [-0.2, 0) is 6.54 Å². The number of rotatable bonds is 2. The highest BCUT2D eigenvalue weighted by atomic mass is 32.1. The van der Waals surface area contributed by atoms with Crippen molar-refractivity contribution in [1.29, 1.82) is 0 Å². The van der Waals surface area contributed by atoms with Crippen LogP contribution in [0.4, 0.5) is 4.39 Å². The Morgan fingerprint density at radius 1 is 1.21 bits per heavy atom. The van der Waals surface area contributed by atoms with E-state index >= 15 is 0 Å². The summed E-state index contributed by atoms with van der Waals surface area (Å²) in [5.74, 6) is -0.226. The molecule has 2 rings (SSSR count). The topological polar surface area (TPSA) is 26.0 Å². The third kappa shape index (κ3) is 1.69. The lowest BCUT2D eigenvalue weighted by atomic mass is 10.1. The molecule has 0 saturated carbocycles. The number of thiophene rings is 1. The summed E-state index contributed by atoms with van der Waals surface area (Å²) in [6.07, 6.45) is 0. The molecular weight excluding hydrogens is 197 g/mol. The van der Waals surface area contributed by atoms with E-state index in [9.17, 15) is 4.39 Å². The summed E-state index contributed by atoms with van der Waals surface area (Å²) in [7, 11) is 0. The minimum absolute atomic E-state index is 0.226. The quantitative estimate of drug-likeness (QED) is 0.804. The third-order valence-electron chi connectivity index (χ3n) is 2.13. The predicted molar refractivity (Wildman–Crippen MR) is 57.6 cm³/mol. The lowest BCUT2D eigenvalue weighted by molar-refractivity contribution is 0.611. The Morgan fingerprint density at radius 3 is 2.64 bits per heavy atom. The lowest BCUT2D eigenvalue weighted by Crippen LogP contribution is -1.99. The van der Waals surface area contributed by atoms with Gasteiger partial charge < -0.3 is 5.73 Å². The van der Waals surface area contributed by atoms with Crippen LogP contribution in [0.25, 0.3) is 11.1 Å². The van der Waals surface area contributed by atoms with Crippen molar-refractivity contribution in [3.63, 3.8) is 0 Å². The van der Waals surface area contributed by atoms with Gasteiger partial charge in [0.05, 0.1) is 0 Å². The van der Waals surface area contributed by atoms with Gasteiger partial charge in [-0.15, -0.1) is 0 Å². The van der Waals surface area contributed by atoms with Gasteiger partial charge in [-0.3, -0.25) is 0 Å². The largest absolute Gasteiger partial charge is 0.326 e. The number of nitrogens with two attached hydrogens (primary N) is 1. The lowest BCUT2D eigenvalue weighted by Gasteiger charge is -2.02. The van der Waals surface area contributed by atoms with Crippen molar-refractivity contribution >= 4 is 11.3 Å². The second kappa shape index (κ2) is 3.90. The molecule has 1 heterocycles. The molecule has 0 fully saturated rings. The van der Waals surface area contributed by atoms with Crippen molar-refractivity contribution in [2.24, 2.45) is 5.73 Å². The molecule has 0 spiro atoms. The molecule has 14 heavy (non-hydrogen) atoms. The highest BCUT2D eigenvalue weighted by molar-refractivity contribution is 7.08. The molecular formula is C11H10FNS. The van der Waals surface area contributed by atoms with E-state index in [1.807, 2.05) is 22.9 Å². The smallest absolute Gasteiger partial charge is 0.128 e. The van der Waals surface area contributed by atoms with Crippen molar-refractivity contribution in [2.45, 2.75) is 6.54 Å². The molecule has 0 aliphatic heterocycles. The normalized spacial score (nSPS) is 10.4. The Labute approximate surface area is 86.0 Å². The van der Waals surface area contributed by atoms with E-state index in [0.29, 0.717) is 5.56 Å². The maximum atomic E-state index is 13.4. The van der Waals surface area contributed by atoms with Crippen molar-refractivity contribution in [3.8, 4) is 11.1 Å². The summed E-state index contributed by atoms with van der Waals surface area (Å²) >= 11 is 1.60. The Kier molecular flexibility index (Phi) is 2.61. The van der Waals surface area contributed by atoms with Gasteiger partial charge in [0.25, 0.3) is 0 Å². The third-order valence-corrected chi connectivity index (χ3v) is 2.81. The monoisotopic (exact) mass is 207 g/mol. The van der Waals surface area contributed by atoms with Crippen LogP contribution in [0.15, 0.2) is 35.0 Å². The van der Waals surface area contributed by atoms with Crippen LogP contribution < -0.4 is 5.73 Å². The second-order valence-corrected chi connectivity index (χ2v) is 3.80. The Morgan fingerprint density at radius 2 is 2.07 bits per heavy atom. The molecule has 3 heteroatoms. The Balaban J connectivity index is 2.43. The van der Waals surface area contributed by atoms with E-state index in [1.54, 1.807) is 17.4 Å². The first-order chi connectivity index (χ1) is 6.81. The zero-order valence-electron chi connectivity index (χ0n) is 7.53. The first kappa shape index (κ1) is 9.37. The van der Waals surface area contributed by atoms with E-state index in [0.717, 1.165) is 11.1 Å². The maximum absolute atomic E-state index is 13.4. The fraction of sp³-hybridized carbons (Fsp3) is 0.0909. The van der Waals surface area contributed by atoms with Crippen LogP contribution in [0.3, 0.4) is 0 Å². The van der Waals surface area contributed by atoms with Crippen LogP contribution in [0, 0.1) is 5.82 Å². The highest BCUT2D eigenvalue weighted by Crippen LogP contribution is 2.23. The van der Waals surface area contributed by atoms with E-state index in [4.69, 9.17) is 5.73 Å². The summed E-state index contributed by atoms with van der Waals surface area (Å²) in [6, 6.07) is 7.14. The first-order valence-corrected chi connectivity index (χ1v) is 5.26. The Bertz CT molecular complexity index is 423. The molecule has 72 valence electrons. The molecule has 1 aromatic carbocycles. The van der Waals surface area contributed by atoms with Crippen LogP contribution in [0.2, 0.25) is 0 Å². The summed E-state index contributed by atoms with van der Waals surface area (Å²) in [6.45, 7) is 0.246. The highest BCUT2D eigenvalue weighted by Gasteiger charge is 2.03. The van der Waals surface area contributed by atoms with Crippen molar-refractivity contribution in [1.82, 2.24) is 0 Å². The molecule has 0 saturated heterocycles. The summed E-state index contributed by atoms with van der Waals surface area (Å²) in [4.78, 5) is 0. The van der Waals surface area contributed by atoms with Crippen LogP contribution in [0.5, 0.6) is 0 Å². The molecule has 1 aromatic heterocycles. The molecule has 0 aliphatic rings. The van der Waals surface area contributed by atoms with Crippen LogP contribution in [-0.4, -0.2) is 0 Å². The Hall–Kier alpha value is -1.19. The summed E-state index contributed by atoms with van der Waals surface area (Å²) in [5, 5.41) is 3.97. The van der Waals surface area contributed by atoms with E-state index < -0.39 is 0 Å². The summed E-state index contributed by atoms with van der Waals surface area (Å²) in [5.41, 5.74) is 7.90. The van der Waals surface area contributed by atoms with Gasteiger partial charge in [-0.05, 0) is 34.0 Å². The first-order valence-electron chi connectivity index (χ1n) is 4.32. The van der Waals surface area contributed by atoms with Crippen molar-refractivity contribution in [3.05, 3.63) is 46.4 Å². The van der Waals surface area contributed by atoms with E-state index in [2.05, 4.69) is 0 Å². The minimum Gasteiger partial charge on any atom is -0.326 e. The fourth-order valence-electron chi connectivity index (χ4n) is 1.32. The van der Waals surface area contributed by atoms with Gasteiger partial charge in [0.2, 0.25) is 0 Å². The number of hydrogen-bond acceptors (Lipinski definition) is 2. The number of hydrogen-bond donors (Lipinski definition) is 1. The fourth-order valence-corrected chi connectivity index (χ4v) is 1.99. The number of halogens is 1. The van der Waals surface area contributed by atoms with Crippen LogP contribution in [0.1, 0.15) is 5.56 Å². The minimum atomic E-state index is -0.226. The zero-order chi connectivity index (χ0) is 9.97. The van der Waals surface area contributed by atoms with Gasteiger partial charge in [-0.1, -0.05) is 12.1 Å². The van der Waals surface area contributed by atoms with Gasteiger partial charge >= 0.3 is 0 Å². The maximum Gasteiger partial charge on any atom is 0.128 e. The molecule has 0 aliphatic carbocycles. The average molecular weight is 207 g/mol. The standard InChI is InChI=1S/C11H10FNS/c12-11-5-8(1-2-9(11)6-13)10-3-4-14-7-10/h1-5,7H,6,13H2. The van der Waals surface area contributed by atoms with Crippen molar-refractivity contribution < 1.29 is 4.39 Å². The predicted octanol–water partition coefficient (Wildman–Crippen LogP) is 3.01. The van der Waals surface area contributed by atoms with Gasteiger partial charge in [-0.25, -0.2) is 4.39 Å². The molecule has 0 unspecified atom stereocenters. The van der Waals surface area contributed by atoms with Gasteiger partial charge in [0.15, 0.2) is 0 Å². The molecule has 0 amide bonds. The molecule has 2 N–H and O–H groups in total. The molecule has 0 atom stereocenters. The van der Waals surface area contributed by atoms with Crippen molar-refractivity contribution in [2.75, 3.05) is 0 Å². The average Bonchev–Trinajstić information content (AvgIpc) is 2.70. The molecule has 0 bridgehead atoms. The van der Waals surface area contributed by atoms with Crippen LogP contribution >= 0.6 is 11.3 Å². The second-order valence-electron chi connectivity index (χ2n) is 3.02. The zero-order valence-corrected chi connectivity index (χ0v) is 8.35. The van der Waals surface area contributed by atoms with Gasteiger partial charge in [-0.2, -0.15) is 11.3 Å². The van der Waals surface area contributed by atoms with Gasteiger partial charge in [0, 0.05) is 12.1 Å². The van der Waals surface area contributed by atoms with E-state index in [-0.39, 0.29) is 12.4 Å². The molecule has 1 nitrogen and oxygen atoms in total. The SMILES string of the molecule is NCc1ccc(-c2ccsc2)cc1F. The van der Waals surface area contributed by atoms with E-state index in [1.165, 1.54) is 6.07 Å².